The SMILES string of the molecule is Cl.Cl.Clc1ccc([C@H](CC2CC2)N2CCNCC2)o1. The van der Waals surface area contributed by atoms with Crippen molar-refractivity contribution in [1.82, 2.24) is 10.2 Å². The predicted molar refractivity (Wildman–Crippen MR) is 82.7 cm³/mol. The summed E-state index contributed by atoms with van der Waals surface area (Å²) in [6.45, 7) is 4.37. The van der Waals surface area contributed by atoms with Gasteiger partial charge >= 0.3 is 0 Å². The largest absolute Gasteiger partial charge is 0.448 e. The molecular formula is C13H21Cl3N2O. The van der Waals surface area contributed by atoms with Gasteiger partial charge in [-0.2, -0.15) is 0 Å². The number of hydrogen-bond donors (Lipinski definition) is 1. The van der Waals surface area contributed by atoms with E-state index in [4.69, 9.17) is 16.0 Å². The summed E-state index contributed by atoms with van der Waals surface area (Å²) in [5, 5.41) is 3.91. The van der Waals surface area contributed by atoms with Crippen molar-refractivity contribution >= 4 is 36.4 Å². The van der Waals surface area contributed by atoms with E-state index in [1.165, 1.54) is 19.3 Å². The van der Waals surface area contributed by atoms with Crippen LogP contribution in [0.15, 0.2) is 16.5 Å². The first kappa shape index (κ1) is 17.1. The smallest absolute Gasteiger partial charge is 0.193 e. The lowest BCUT2D eigenvalue weighted by molar-refractivity contribution is 0.142. The van der Waals surface area contributed by atoms with E-state index in [9.17, 15) is 0 Å². The van der Waals surface area contributed by atoms with E-state index >= 15 is 0 Å². The molecule has 1 N–H and O–H groups in total. The highest BCUT2D eigenvalue weighted by molar-refractivity contribution is 6.28. The normalized spacial score (nSPS) is 21.3. The van der Waals surface area contributed by atoms with Crippen molar-refractivity contribution in [3.8, 4) is 0 Å². The number of hydrogen-bond acceptors (Lipinski definition) is 3. The maximum Gasteiger partial charge on any atom is 0.193 e. The third-order valence-electron chi connectivity index (χ3n) is 3.77. The van der Waals surface area contributed by atoms with Crippen LogP contribution in [0.25, 0.3) is 0 Å². The monoisotopic (exact) mass is 326 g/mol. The molecule has 2 heterocycles. The van der Waals surface area contributed by atoms with Crippen LogP contribution in [-0.2, 0) is 0 Å². The van der Waals surface area contributed by atoms with Gasteiger partial charge in [0.25, 0.3) is 0 Å². The Morgan fingerprint density at radius 3 is 2.47 bits per heavy atom. The summed E-state index contributed by atoms with van der Waals surface area (Å²) in [5.41, 5.74) is 0. The molecule has 1 aromatic heterocycles. The molecule has 0 amide bonds. The molecule has 1 aromatic rings. The van der Waals surface area contributed by atoms with Crippen LogP contribution in [0.2, 0.25) is 5.22 Å². The lowest BCUT2D eigenvalue weighted by atomic mass is 10.1. The maximum atomic E-state index is 5.90. The van der Waals surface area contributed by atoms with Gasteiger partial charge in [0, 0.05) is 26.2 Å². The summed E-state index contributed by atoms with van der Waals surface area (Å²) in [4.78, 5) is 2.53. The first-order valence-corrected chi connectivity index (χ1v) is 6.91. The van der Waals surface area contributed by atoms with Gasteiger partial charge in [0.2, 0.25) is 0 Å². The van der Waals surface area contributed by atoms with Gasteiger partial charge in [-0.15, -0.1) is 24.8 Å². The number of piperazine rings is 1. The lowest BCUT2D eigenvalue weighted by Gasteiger charge is -2.33. The molecule has 2 aliphatic rings. The molecule has 0 aromatic carbocycles. The molecule has 1 saturated carbocycles. The molecule has 3 nitrogen and oxygen atoms in total. The zero-order valence-electron chi connectivity index (χ0n) is 10.8. The van der Waals surface area contributed by atoms with E-state index in [-0.39, 0.29) is 24.8 Å². The van der Waals surface area contributed by atoms with E-state index in [1.54, 1.807) is 0 Å². The summed E-state index contributed by atoms with van der Waals surface area (Å²) >= 11 is 5.90. The molecule has 1 aliphatic heterocycles. The minimum atomic E-state index is 0. The highest BCUT2D eigenvalue weighted by Gasteiger charge is 2.32. The first-order valence-electron chi connectivity index (χ1n) is 6.53. The van der Waals surface area contributed by atoms with Crippen LogP contribution in [0.5, 0.6) is 0 Å². The quantitative estimate of drug-likeness (QED) is 0.917. The van der Waals surface area contributed by atoms with Crippen molar-refractivity contribution in [2.24, 2.45) is 5.92 Å². The molecule has 0 bridgehead atoms. The van der Waals surface area contributed by atoms with E-state index in [0.717, 1.165) is 37.9 Å². The molecule has 2 fully saturated rings. The van der Waals surface area contributed by atoms with Crippen molar-refractivity contribution in [2.75, 3.05) is 26.2 Å². The van der Waals surface area contributed by atoms with Gasteiger partial charge in [0.05, 0.1) is 6.04 Å². The fourth-order valence-corrected chi connectivity index (χ4v) is 2.77. The number of halogens is 3. The zero-order valence-corrected chi connectivity index (χ0v) is 13.2. The van der Waals surface area contributed by atoms with Gasteiger partial charge in [-0.05, 0) is 36.1 Å². The first-order chi connectivity index (χ1) is 8.33. The van der Waals surface area contributed by atoms with Crippen molar-refractivity contribution in [1.29, 1.82) is 0 Å². The van der Waals surface area contributed by atoms with E-state index < -0.39 is 0 Å². The third kappa shape index (κ3) is 4.54. The van der Waals surface area contributed by atoms with E-state index in [2.05, 4.69) is 10.2 Å². The van der Waals surface area contributed by atoms with Crippen LogP contribution >= 0.6 is 36.4 Å². The summed E-state index contributed by atoms with van der Waals surface area (Å²) < 4.78 is 5.63. The second-order valence-electron chi connectivity index (χ2n) is 5.12. The van der Waals surface area contributed by atoms with Crippen molar-refractivity contribution in [3.05, 3.63) is 23.1 Å². The highest BCUT2D eigenvalue weighted by Crippen LogP contribution is 2.40. The standard InChI is InChI=1S/C13H19ClN2O.2ClH/c14-13-4-3-12(17-13)11(9-10-1-2-10)16-7-5-15-6-8-16;;/h3-4,10-11,15H,1-2,5-9H2;2*1H/t11-;;/m0../s1. The van der Waals surface area contributed by atoms with Crippen LogP contribution < -0.4 is 5.32 Å². The fraction of sp³-hybridized carbons (Fsp3) is 0.692. The average Bonchev–Trinajstić information content (AvgIpc) is 3.08. The molecule has 0 radical (unpaired) electrons. The third-order valence-corrected chi connectivity index (χ3v) is 3.97. The topological polar surface area (TPSA) is 28.4 Å². The molecule has 1 atom stereocenters. The van der Waals surface area contributed by atoms with Gasteiger partial charge in [0.1, 0.15) is 5.76 Å². The molecule has 19 heavy (non-hydrogen) atoms. The Balaban J connectivity index is 0.000000902. The minimum Gasteiger partial charge on any atom is -0.448 e. The highest BCUT2D eigenvalue weighted by atomic mass is 35.5. The van der Waals surface area contributed by atoms with Crippen molar-refractivity contribution in [2.45, 2.75) is 25.3 Å². The number of nitrogens with zero attached hydrogens (tertiary/aromatic N) is 1. The number of rotatable bonds is 4. The number of nitrogens with one attached hydrogen (secondary N) is 1. The molecule has 1 saturated heterocycles. The van der Waals surface area contributed by atoms with Crippen LogP contribution in [0.4, 0.5) is 0 Å². The Morgan fingerprint density at radius 1 is 1.26 bits per heavy atom. The Bertz CT molecular complexity index is 376. The molecule has 1 aliphatic carbocycles. The van der Waals surface area contributed by atoms with Gasteiger partial charge in [0.15, 0.2) is 5.22 Å². The lowest BCUT2D eigenvalue weighted by Crippen LogP contribution is -2.45. The molecular weight excluding hydrogens is 307 g/mol. The van der Waals surface area contributed by atoms with Crippen molar-refractivity contribution in [3.63, 3.8) is 0 Å². The van der Waals surface area contributed by atoms with Crippen molar-refractivity contribution < 1.29 is 4.42 Å². The molecule has 110 valence electrons. The van der Waals surface area contributed by atoms with Crippen LogP contribution in [0.3, 0.4) is 0 Å². The van der Waals surface area contributed by atoms with Gasteiger partial charge in [-0.25, -0.2) is 0 Å². The van der Waals surface area contributed by atoms with Crippen LogP contribution in [0, 0.1) is 5.92 Å². The zero-order chi connectivity index (χ0) is 11.7. The second-order valence-corrected chi connectivity index (χ2v) is 5.50. The predicted octanol–water partition coefficient (Wildman–Crippen LogP) is 3.52. The summed E-state index contributed by atoms with van der Waals surface area (Å²) in [6, 6.07) is 4.33. The Hall–Kier alpha value is 0.0700. The Morgan fingerprint density at radius 2 is 1.95 bits per heavy atom. The fourth-order valence-electron chi connectivity index (χ4n) is 2.62. The van der Waals surface area contributed by atoms with E-state index in [0.29, 0.717) is 11.3 Å². The molecule has 0 spiro atoms. The minimum absolute atomic E-state index is 0. The second kappa shape index (κ2) is 7.75. The van der Waals surface area contributed by atoms with Gasteiger partial charge in [-0.1, -0.05) is 12.8 Å². The summed E-state index contributed by atoms with van der Waals surface area (Å²) in [7, 11) is 0. The Labute approximate surface area is 131 Å². The summed E-state index contributed by atoms with van der Waals surface area (Å²) in [5.74, 6) is 1.95. The van der Waals surface area contributed by atoms with Gasteiger partial charge < -0.3 is 9.73 Å². The average molecular weight is 328 g/mol. The van der Waals surface area contributed by atoms with E-state index in [1.807, 2.05) is 12.1 Å². The van der Waals surface area contributed by atoms with Crippen LogP contribution in [-0.4, -0.2) is 31.1 Å². The molecule has 3 rings (SSSR count). The molecule has 0 unspecified atom stereocenters. The Kier molecular flexibility index (Phi) is 6.98. The van der Waals surface area contributed by atoms with Crippen LogP contribution in [0.1, 0.15) is 31.1 Å². The summed E-state index contributed by atoms with van der Waals surface area (Å²) in [6.07, 6.45) is 4.00. The number of furan rings is 1. The maximum absolute atomic E-state index is 5.90. The molecule has 6 heteroatoms. The van der Waals surface area contributed by atoms with Gasteiger partial charge in [-0.3, -0.25) is 4.90 Å².